The van der Waals surface area contributed by atoms with E-state index in [0.29, 0.717) is 30.2 Å². The van der Waals surface area contributed by atoms with Gasteiger partial charge in [0.1, 0.15) is 11.4 Å². The van der Waals surface area contributed by atoms with Gasteiger partial charge in [0.25, 0.3) is 5.69 Å². The first kappa shape index (κ1) is 24.7. The van der Waals surface area contributed by atoms with E-state index in [-0.39, 0.29) is 21.8 Å². The fraction of sp³-hybridized carbons (Fsp3) is 0.316. The molecule has 0 aliphatic heterocycles. The van der Waals surface area contributed by atoms with Crippen LogP contribution in [0.15, 0.2) is 39.0 Å². The maximum Gasteiger partial charge on any atom is 0.304 e. The van der Waals surface area contributed by atoms with Gasteiger partial charge in [-0.1, -0.05) is 0 Å². The van der Waals surface area contributed by atoms with Gasteiger partial charge in [-0.3, -0.25) is 25.0 Å². The zero-order valence-corrected chi connectivity index (χ0v) is 19.4. The Bertz CT molecular complexity index is 1090. The van der Waals surface area contributed by atoms with Crippen molar-refractivity contribution in [2.24, 2.45) is 10.2 Å². The van der Waals surface area contributed by atoms with Gasteiger partial charge >= 0.3 is 5.69 Å². The molecule has 2 rings (SSSR count). The Labute approximate surface area is 191 Å². The van der Waals surface area contributed by atoms with Crippen molar-refractivity contribution in [1.29, 1.82) is 0 Å². The summed E-state index contributed by atoms with van der Waals surface area (Å²) in [5, 5.41) is 33.2. The lowest BCUT2D eigenvalue weighted by atomic mass is 10.2. The maximum absolute atomic E-state index is 11.7. The first-order valence-corrected chi connectivity index (χ1v) is 10.2. The van der Waals surface area contributed by atoms with Crippen LogP contribution in [0.1, 0.15) is 20.8 Å². The molecule has 1 amide bonds. The number of anilines is 2. The van der Waals surface area contributed by atoms with Gasteiger partial charge in [0, 0.05) is 32.1 Å². The number of methoxy groups -OCH3 is 1. The standard InChI is InChI=1S/C19H21BrN6O6/c1-5-24(6-2)16-10-18(32-4)15(9-14(16)21-11(3)27)22-23-19-13(20)7-12(25(28)29)8-17(19)26(30)31/h7-10H,5-6H2,1-4H3,(H,21,27). The van der Waals surface area contributed by atoms with Crippen molar-refractivity contribution < 1.29 is 19.4 Å². The highest BCUT2D eigenvalue weighted by Crippen LogP contribution is 2.43. The predicted molar refractivity (Wildman–Crippen MR) is 122 cm³/mol. The zero-order valence-electron chi connectivity index (χ0n) is 17.8. The molecule has 2 aromatic rings. The molecule has 2 aromatic carbocycles. The third-order valence-electron chi connectivity index (χ3n) is 4.41. The number of carbonyl (C=O) groups excluding carboxylic acids is 1. The number of amides is 1. The van der Waals surface area contributed by atoms with Gasteiger partial charge in [0.15, 0.2) is 5.69 Å². The second-order valence-electron chi connectivity index (χ2n) is 6.40. The zero-order chi connectivity index (χ0) is 24.0. The molecule has 0 unspecified atom stereocenters. The number of nitro benzene ring substituents is 2. The second kappa shape index (κ2) is 10.6. The van der Waals surface area contributed by atoms with Crippen LogP contribution in [0.3, 0.4) is 0 Å². The molecule has 32 heavy (non-hydrogen) atoms. The van der Waals surface area contributed by atoms with Crippen LogP contribution in [0, 0.1) is 20.2 Å². The quantitative estimate of drug-likeness (QED) is 0.266. The fourth-order valence-corrected chi connectivity index (χ4v) is 3.45. The lowest BCUT2D eigenvalue weighted by molar-refractivity contribution is -0.393. The number of hydrogen-bond acceptors (Lipinski definition) is 9. The van der Waals surface area contributed by atoms with E-state index >= 15 is 0 Å². The van der Waals surface area contributed by atoms with Gasteiger partial charge in [-0.2, -0.15) is 0 Å². The molecule has 0 heterocycles. The minimum absolute atomic E-state index is 0.0305. The number of azo groups is 1. The number of hydrogen-bond donors (Lipinski definition) is 1. The summed E-state index contributed by atoms with van der Waals surface area (Å²) in [7, 11) is 1.43. The third kappa shape index (κ3) is 5.55. The van der Waals surface area contributed by atoms with Crippen molar-refractivity contribution in [2.75, 3.05) is 30.4 Å². The number of nitrogens with one attached hydrogen (secondary N) is 1. The fourth-order valence-electron chi connectivity index (χ4n) is 2.93. The number of non-ortho nitro benzene ring substituents is 1. The average molecular weight is 509 g/mol. The normalized spacial score (nSPS) is 10.8. The lowest BCUT2D eigenvalue weighted by Crippen LogP contribution is -2.23. The summed E-state index contributed by atoms with van der Waals surface area (Å²) in [5.41, 5.74) is 0.132. The molecular weight excluding hydrogens is 488 g/mol. The lowest BCUT2D eigenvalue weighted by Gasteiger charge is -2.25. The van der Waals surface area contributed by atoms with Crippen molar-refractivity contribution in [3.8, 4) is 5.75 Å². The van der Waals surface area contributed by atoms with E-state index in [1.165, 1.54) is 14.0 Å². The Morgan fingerprint density at radius 3 is 2.28 bits per heavy atom. The van der Waals surface area contributed by atoms with Gasteiger partial charge in [-0.15, -0.1) is 10.2 Å². The molecule has 0 bridgehead atoms. The number of nitro groups is 2. The van der Waals surface area contributed by atoms with E-state index in [0.717, 1.165) is 12.1 Å². The smallest absolute Gasteiger partial charge is 0.304 e. The van der Waals surface area contributed by atoms with Gasteiger partial charge in [-0.05, 0) is 35.8 Å². The molecule has 0 saturated heterocycles. The molecule has 0 aliphatic carbocycles. The minimum atomic E-state index is -0.782. The summed E-state index contributed by atoms with van der Waals surface area (Å²) in [6.07, 6.45) is 0. The number of nitrogens with zero attached hydrogens (tertiary/aromatic N) is 5. The van der Waals surface area contributed by atoms with E-state index in [2.05, 4.69) is 31.5 Å². The largest absolute Gasteiger partial charge is 0.494 e. The first-order valence-electron chi connectivity index (χ1n) is 9.41. The van der Waals surface area contributed by atoms with Gasteiger partial charge < -0.3 is 15.0 Å². The van der Waals surface area contributed by atoms with Crippen LogP contribution in [-0.4, -0.2) is 36.0 Å². The molecule has 1 N–H and O–H groups in total. The van der Waals surface area contributed by atoms with Gasteiger partial charge in [0.2, 0.25) is 5.91 Å². The Balaban J connectivity index is 2.65. The number of carbonyl (C=O) groups is 1. The number of rotatable bonds is 9. The molecule has 12 nitrogen and oxygen atoms in total. The van der Waals surface area contributed by atoms with Gasteiger partial charge in [-0.25, -0.2) is 0 Å². The molecule has 0 aliphatic rings. The summed E-state index contributed by atoms with van der Waals surface area (Å²) in [5.74, 6) is 0.0330. The van der Waals surface area contributed by atoms with Crippen molar-refractivity contribution in [1.82, 2.24) is 0 Å². The Morgan fingerprint density at radius 2 is 1.78 bits per heavy atom. The van der Waals surface area contributed by atoms with E-state index in [9.17, 15) is 25.0 Å². The Morgan fingerprint density at radius 1 is 1.12 bits per heavy atom. The number of benzene rings is 2. The number of halogens is 1. The number of ether oxygens (including phenoxy) is 1. The molecule has 0 fully saturated rings. The molecule has 0 aromatic heterocycles. The van der Waals surface area contributed by atoms with E-state index < -0.39 is 21.2 Å². The molecule has 13 heteroatoms. The Hall–Kier alpha value is -3.61. The van der Waals surface area contributed by atoms with E-state index in [1.54, 1.807) is 12.1 Å². The monoisotopic (exact) mass is 508 g/mol. The predicted octanol–water partition coefficient (Wildman–Crippen LogP) is 5.49. The van der Waals surface area contributed by atoms with Crippen LogP contribution in [0.2, 0.25) is 0 Å². The van der Waals surface area contributed by atoms with Crippen LogP contribution >= 0.6 is 15.9 Å². The third-order valence-corrected chi connectivity index (χ3v) is 5.01. The highest BCUT2D eigenvalue weighted by Gasteiger charge is 2.24. The molecule has 0 radical (unpaired) electrons. The van der Waals surface area contributed by atoms with Crippen molar-refractivity contribution >= 4 is 56.0 Å². The summed E-state index contributed by atoms with van der Waals surface area (Å²) < 4.78 is 5.43. The van der Waals surface area contributed by atoms with Crippen LogP contribution in [0.25, 0.3) is 0 Å². The van der Waals surface area contributed by atoms with E-state index in [1.807, 2.05) is 18.7 Å². The minimum Gasteiger partial charge on any atom is -0.494 e. The summed E-state index contributed by atoms with van der Waals surface area (Å²) in [4.78, 5) is 34.6. The molecular formula is C19H21BrN6O6. The van der Waals surface area contributed by atoms with Crippen molar-refractivity contribution in [3.05, 3.63) is 49.0 Å². The van der Waals surface area contributed by atoms with Crippen LogP contribution in [0.4, 0.5) is 34.1 Å². The van der Waals surface area contributed by atoms with Crippen LogP contribution in [0.5, 0.6) is 5.75 Å². The van der Waals surface area contributed by atoms with Gasteiger partial charge in [0.05, 0.1) is 38.9 Å². The Kier molecular flexibility index (Phi) is 8.18. The molecule has 0 saturated carbocycles. The summed E-state index contributed by atoms with van der Waals surface area (Å²) in [6, 6.07) is 5.14. The van der Waals surface area contributed by atoms with Crippen molar-refractivity contribution in [3.63, 3.8) is 0 Å². The summed E-state index contributed by atoms with van der Waals surface area (Å²) in [6.45, 7) is 6.65. The van der Waals surface area contributed by atoms with Crippen molar-refractivity contribution in [2.45, 2.75) is 20.8 Å². The topological polar surface area (TPSA) is 153 Å². The highest BCUT2D eigenvalue weighted by molar-refractivity contribution is 9.10. The highest BCUT2D eigenvalue weighted by atomic mass is 79.9. The molecule has 0 spiro atoms. The molecule has 0 atom stereocenters. The second-order valence-corrected chi connectivity index (χ2v) is 7.26. The maximum atomic E-state index is 11.7. The first-order chi connectivity index (χ1) is 15.1. The SMILES string of the molecule is CCN(CC)c1cc(OC)c(N=Nc2c(Br)cc([N+](=O)[O-])cc2[N+](=O)[O-])cc1NC(C)=O. The molecule has 170 valence electrons. The summed E-state index contributed by atoms with van der Waals surface area (Å²) >= 11 is 3.08. The van der Waals surface area contributed by atoms with Crippen LogP contribution < -0.4 is 15.0 Å². The van der Waals surface area contributed by atoms with Crippen LogP contribution in [-0.2, 0) is 4.79 Å². The average Bonchev–Trinajstić information content (AvgIpc) is 2.73. The van der Waals surface area contributed by atoms with E-state index in [4.69, 9.17) is 4.74 Å².